The maximum absolute atomic E-state index is 12.3. The van der Waals surface area contributed by atoms with Crippen LogP contribution in [0.4, 0.5) is 0 Å². The summed E-state index contributed by atoms with van der Waals surface area (Å²) < 4.78 is 0. The zero-order chi connectivity index (χ0) is 14.6. The van der Waals surface area contributed by atoms with Gasteiger partial charge in [-0.1, -0.05) is 0 Å². The molecule has 0 radical (unpaired) electrons. The molecule has 1 heterocycles. The summed E-state index contributed by atoms with van der Waals surface area (Å²) >= 11 is 1.76. The number of thiophene rings is 1. The molecule has 0 spiro atoms. The summed E-state index contributed by atoms with van der Waals surface area (Å²) in [4.78, 5) is 17.7. The molecule has 0 fully saturated rings. The van der Waals surface area contributed by atoms with Crippen LogP contribution in [0.15, 0.2) is 11.4 Å². The average Bonchev–Trinajstić information content (AvgIpc) is 2.62. The Bertz CT molecular complexity index is 404. The van der Waals surface area contributed by atoms with Gasteiger partial charge in [0.25, 0.3) is 0 Å². The monoisotopic (exact) mass is 282 g/mol. The summed E-state index contributed by atoms with van der Waals surface area (Å²) in [6, 6.07) is 2.64. The van der Waals surface area contributed by atoms with Crippen LogP contribution < -0.4 is 0 Å². The van der Waals surface area contributed by atoms with Crippen molar-refractivity contribution in [2.75, 3.05) is 13.6 Å². The Morgan fingerprint density at radius 3 is 2.26 bits per heavy atom. The largest absolute Gasteiger partial charge is 0.337 e. The Kier molecular flexibility index (Phi) is 6.01. The maximum Gasteiger partial charge on any atom is 0.237 e. The molecule has 0 saturated heterocycles. The zero-order valence-corrected chi connectivity index (χ0v) is 13.8. The van der Waals surface area contributed by atoms with Gasteiger partial charge in [0.2, 0.25) is 5.91 Å². The molecule has 0 saturated carbocycles. The molecule has 19 heavy (non-hydrogen) atoms. The highest BCUT2D eigenvalue weighted by molar-refractivity contribution is 7.10. The number of hydrogen-bond acceptors (Lipinski definition) is 3. The fourth-order valence-electron chi connectivity index (χ4n) is 2.35. The fourth-order valence-corrected chi connectivity index (χ4v) is 3.34. The SMILES string of the molecule is Cc1ccsc1CN(C)CC(=O)N(C(C)C)C(C)C. The van der Waals surface area contributed by atoms with Gasteiger partial charge in [-0.2, -0.15) is 0 Å². The number of rotatable bonds is 6. The molecule has 1 amide bonds. The molecule has 0 aliphatic rings. The zero-order valence-electron chi connectivity index (χ0n) is 12.9. The summed E-state index contributed by atoms with van der Waals surface area (Å²) in [5.74, 6) is 0.210. The van der Waals surface area contributed by atoms with E-state index in [0.717, 1.165) is 6.54 Å². The van der Waals surface area contributed by atoms with E-state index in [1.54, 1.807) is 11.3 Å². The minimum Gasteiger partial charge on any atom is -0.337 e. The van der Waals surface area contributed by atoms with Gasteiger partial charge in [0, 0.05) is 23.5 Å². The molecule has 0 aliphatic carbocycles. The van der Waals surface area contributed by atoms with Crippen molar-refractivity contribution in [3.8, 4) is 0 Å². The molecule has 1 aromatic heterocycles. The van der Waals surface area contributed by atoms with E-state index in [1.807, 2.05) is 11.9 Å². The summed E-state index contributed by atoms with van der Waals surface area (Å²) in [6.45, 7) is 11.7. The predicted molar refractivity (Wildman–Crippen MR) is 82.5 cm³/mol. The Hall–Kier alpha value is -0.870. The van der Waals surface area contributed by atoms with E-state index in [0.29, 0.717) is 6.54 Å². The molecule has 0 N–H and O–H groups in total. The third-order valence-electron chi connectivity index (χ3n) is 3.19. The van der Waals surface area contributed by atoms with Gasteiger partial charge in [0.05, 0.1) is 6.54 Å². The highest BCUT2D eigenvalue weighted by atomic mass is 32.1. The summed E-state index contributed by atoms with van der Waals surface area (Å²) in [7, 11) is 2.01. The van der Waals surface area contributed by atoms with Gasteiger partial charge in [0.15, 0.2) is 0 Å². The molecule has 4 heteroatoms. The van der Waals surface area contributed by atoms with Gasteiger partial charge in [-0.15, -0.1) is 11.3 Å². The topological polar surface area (TPSA) is 23.6 Å². The van der Waals surface area contributed by atoms with E-state index >= 15 is 0 Å². The van der Waals surface area contributed by atoms with Crippen LogP contribution >= 0.6 is 11.3 Å². The Morgan fingerprint density at radius 2 is 1.84 bits per heavy atom. The van der Waals surface area contributed by atoms with Crippen molar-refractivity contribution in [2.45, 2.75) is 53.2 Å². The van der Waals surface area contributed by atoms with Crippen molar-refractivity contribution in [1.82, 2.24) is 9.80 Å². The number of carbonyl (C=O) groups excluding carboxylic acids is 1. The molecule has 3 nitrogen and oxygen atoms in total. The van der Waals surface area contributed by atoms with Gasteiger partial charge in [-0.3, -0.25) is 9.69 Å². The van der Waals surface area contributed by atoms with Gasteiger partial charge >= 0.3 is 0 Å². The summed E-state index contributed by atoms with van der Waals surface area (Å²) in [6.07, 6.45) is 0. The van der Waals surface area contributed by atoms with Crippen LogP contribution in [0.5, 0.6) is 0 Å². The van der Waals surface area contributed by atoms with E-state index < -0.39 is 0 Å². The highest BCUT2D eigenvalue weighted by Crippen LogP contribution is 2.17. The normalized spacial score (nSPS) is 11.6. The van der Waals surface area contributed by atoms with Crippen LogP contribution in [0.25, 0.3) is 0 Å². The van der Waals surface area contributed by atoms with Crippen molar-refractivity contribution >= 4 is 17.2 Å². The predicted octanol–water partition coefficient (Wildman–Crippen LogP) is 3.13. The highest BCUT2D eigenvalue weighted by Gasteiger charge is 2.21. The lowest BCUT2D eigenvalue weighted by Crippen LogP contribution is -2.46. The number of nitrogens with zero attached hydrogens (tertiary/aromatic N) is 2. The molecule has 1 rings (SSSR count). The third kappa shape index (κ3) is 4.62. The van der Waals surface area contributed by atoms with Crippen molar-refractivity contribution in [2.24, 2.45) is 0 Å². The van der Waals surface area contributed by atoms with Crippen LogP contribution in [0.2, 0.25) is 0 Å². The molecule has 0 aromatic carbocycles. The second-order valence-corrected chi connectivity index (χ2v) is 6.69. The van der Waals surface area contributed by atoms with Gasteiger partial charge in [-0.25, -0.2) is 0 Å². The lowest BCUT2D eigenvalue weighted by molar-refractivity contribution is -0.135. The Morgan fingerprint density at radius 1 is 1.26 bits per heavy atom. The van der Waals surface area contributed by atoms with E-state index in [1.165, 1.54) is 10.4 Å². The van der Waals surface area contributed by atoms with Crippen LogP contribution in [-0.2, 0) is 11.3 Å². The number of likely N-dealkylation sites (N-methyl/N-ethyl adjacent to an activating group) is 1. The van der Waals surface area contributed by atoms with E-state index in [4.69, 9.17) is 0 Å². The molecule has 0 bridgehead atoms. The average molecular weight is 282 g/mol. The lowest BCUT2D eigenvalue weighted by atomic mass is 10.2. The second-order valence-electron chi connectivity index (χ2n) is 5.69. The lowest BCUT2D eigenvalue weighted by Gasteiger charge is -2.32. The van der Waals surface area contributed by atoms with E-state index in [9.17, 15) is 4.79 Å². The molecule has 0 atom stereocenters. The minimum atomic E-state index is 0.210. The molecular formula is C15H26N2OS. The minimum absolute atomic E-state index is 0.210. The van der Waals surface area contributed by atoms with Crippen LogP contribution in [0.1, 0.15) is 38.1 Å². The van der Waals surface area contributed by atoms with Gasteiger partial charge in [0.1, 0.15) is 0 Å². The number of hydrogen-bond donors (Lipinski definition) is 0. The van der Waals surface area contributed by atoms with Crippen LogP contribution in [-0.4, -0.2) is 41.4 Å². The molecule has 0 aliphatic heterocycles. The van der Waals surface area contributed by atoms with Crippen molar-refractivity contribution in [3.63, 3.8) is 0 Å². The number of carbonyl (C=O) groups is 1. The van der Waals surface area contributed by atoms with Crippen LogP contribution in [0.3, 0.4) is 0 Å². The van der Waals surface area contributed by atoms with Gasteiger partial charge in [-0.05, 0) is 58.7 Å². The standard InChI is InChI=1S/C15H26N2OS/c1-11(2)17(12(3)4)15(18)10-16(6)9-14-13(5)7-8-19-14/h7-8,11-12H,9-10H2,1-6H3. The first-order valence-electron chi connectivity index (χ1n) is 6.85. The van der Waals surface area contributed by atoms with Crippen LogP contribution in [0, 0.1) is 6.92 Å². The first-order chi connectivity index (χ1) is 8.82. The first kappa shape index (κ1) is 16.2. The number of aryl methyl sites for hydroxylation is 1. The van der Waals surface area contributed by atoms with Crippen molar-refractivity contribution < 1.29 is 4.79 Å². The molecule has 0 unspecified atom stereocenters. The molecule has 1 aromatic rings. The van der Waals surface area contributed by atoms with Gasteiger partial charge < -0.3 is 4.90 Å². The number of amides is 1. The quantitative estimate of drug-likeness (QED) is 0.800. The summed E-state index contributed by atoms with van der Waals surface area (Å²) in [5, 5.41) is 2.11. The molecular weight excluding hydrogens is 256 g/mol. The fraction of sp³-hybridized carbons (Fsp3) is 0.667. The second kappa shape index (κ2) is 7.06. The first-order valence-corrected chi connectivity index (χ1v) is 7.73. The van der Waals surface area contributed by atoms with Crippen molar-refractivity contribution in [3.05, 3.63) is 21.9 Å². The Labute approximate surface area is 121 Å². The van der Waals surface area contributed by atoms with E-state index in [2.05, 4.69) is 51.0 Å². The smallest absolute Gasteiger partial charge is 0.237 e. The third-order valence-corrected chi connectivity index (χ3v) is 4.20. The summed E-state index contributed by atoms with van der Waals surface area (Å²) in [5.41, 5.74) is 1.31. The van der Waals surface area contributed by atoms with Crippen molar-refractivity contribution in [1.29, 1.82) is 0 Å². The van der Waals surface area contributed by atoms with E-state index in [-0.39, 0.29) is 18.0 Å². The molecule has 108 valence electrons. The Balaban J connectivity index is 2.58. The maximum atomic E-state index is 12.3.